The highest BCUT2D eigenvalue weighted by molar-refractivity contribution is 5.27. The molecule has 14 heavy (non-hydrogen) atoms. The fourth-order valence-corrected chi connectivity index (χ4v) is 1.39. The normalized spacial score (nSPS) is 12.6. The van der Waals surface area contributed by atoms with E-state index in [0.29, 0.717) is 5.56 Å². The minimum Gasteiger partial charge on any atom is -0.324 e. The molecule has 2 N–H and O–H groups in total. The van der Waals surface area contributed by atoms with E-state index in [4.69, 9.17) is 5.73 Å². The van der Waals surface area contributed by atoms with Gasteiger partial charge >= 0.3 is 0 Å². The summed E-state index contributed by atoms with van der Waals surface area (Å²) in [4.78, 5) is 0. The van der Waals surface area contributed by atoms with E-state index < -0.39 is 0 Å². The van der Waals surface area contributed by atoms with Crippen molar-refractivity contribution in [1.29, 1.82) is 0 Å². The summed E-state index contributed by atoms with van der Waals surface area (Å²) in [6, 6.07) is 4.91. The Morgan fingerprint density at radius 2 is 2.21 bits per heavy atom. The maximum Gasteiger partial charge on any atom is 0.126 e. The first-order valence-electron chi connectivity index (χ1n) is 4.66. The number of hydrogen-bond donors (Lipinski definition) is 1. The first-order chi connectivity index (χ1) is 6.50. The van der Waals surface area contributed by atoms with E-state index in [1.807, 2.05) is 6.92 Å². The molecule has 0 heterocycles. The van der Waals surface area contributed by atoms with Crippen LogP contribution in [0.25, 0.3) is 0 Å². The summed E-state index contributed by atoms with van der Waals surface area (Å²) in [6.07, 6.45) is 0.741. The van der Waals surface area contributed by atoms with Gasteiger partial charge in [-0.15, -0.1) is 6.58 Å². The van der Waals surface area contributed by atoms with Gasteiger partial charge in [-0.05, 0) is 37.5 Å². The smallest absolute Gasteiger partial charge is 0.126 e. The van der Waals surface area contributed by atoms with E-state index in [1.165, 1.54) is 6.07 Å². The SMILES string of the molecule is C=C(C)C[C@H](N)c1ccc(F)c(C)c1. The summed E-state index contributed by atoms with van der Waals surface area (Å²) in [6.45, 7) is 7.49. The van der Waals surface area contributed by atoms with Crippen molar-refractivity contribution in [3.63, 3.8) is 0 Å². The van der Waals surface area contributed by atoms with Crippen molar-refractivity contribution in [2.24, 2.45) is 5.73 Å². The van der Waals surface area contributed by atoms with Crippen LogP contribution < -0.4 is 5.73 Å². The molecule has 1 rings (SSSR count). The van der Waals surface area contributed by atoms with E-state index in [1.54, 1.807) is 19.1 Å². The number of hydrogen-bond acceptors (Lipinski definition) is 1. The van der Waals surface area contributed by atoms with Gasteiger partial charge in [0.1, 0.15) is 5.82 Å². The molecular formula is C12H16FN. The molecule has 0 amide bonds. The summed E-state index contributed by atoms with van der Waals surface area (Å²) >= 11 is 0. The zero-order chi connectivity index (χ0) is 10.7. The van der Waals surface area contributed by atoms with Gasteiger partial charge < -0.3 is 5.73 Å². The van der Waals surface area contributed by atoms with Crippen molar-refractivity contribution < 1.29 is 4.39 Å². The summed E-state index contributed by atoms with van der Waals surface area (Å²) in [5, 5.41) is 0. The molecule has 1 nitrogen and oxygen atoms in total. The molecule has 0 fully saturated rings. The highest BCUT2D eigenvalue weighted by Crippen LogP contribution is 2.19. The minimum atomic E-state index is -0.184. The van der Waals surface area contributed by atoms with Gasteiger partial charge in [-0.3, -0.25) is 0 Å². The van der Waals surface area contributed by atoms with Gasteiger partial charge in [0.25, 0.3) is 0 Å². The van der Waals surface area contributed by atoms with Crippen molar-refractivity contribution in [2.75, 3.05) is 0 Å². The lowest BCUT2D eigenvalue weighted by molar-refractivity contribution is 0.614. The standard InChI is InChI=1S/C12H16FN/c1-8(2)6-12(14)10-4-5-11(13)9(3)7-10/h4-5,7,12H,1,6,14H2,2-3H3/t12-/m0/s1. The molecule has 0 spiro atoms. The van der Waals surface area contributed by atoms with E-state index in [0.717, 1.165) is 17.6 Å². The van der Waals surface area contributed by atoms with Crippen LogP contribution in [-0.4, -0.2) is 0 Å². The third kappa shape index (κ3) is 2.67. The average molecular weight is 193 g/mol. The summed E-state index contributed by atoms with van der Waals surface area (Å²) in [7, 11) is 0. The van der Waals surface area contributed by atoms with Crippen LogP contribution in [0.15, 0.2) is 30.4 Å². The highest BCUT2D eigenvalue weighted by atomic mass is 19.1. The Balaban J connectivity index is 2.85. The lowest BCUT2D eigenvalue weighted by Gasteiger charge is -2.12. The van der Waals surface area contributed by atoms with Crippen molar-refractivity contribution in [2.45, 2.75) is 26.3 Å². The minimum absolute atomic E-state index is 0.0770. The molecule has 76 valence electrons. The predicted molar refractivity (Wildman–Crippen MR) is 57.5 cm³/mol. The van der Waals surface area contributed by atoms with E-state index in [9.17, 15) is 4.39 Å². The molecule has 0 saturated carbocycles. The Kier molecular flexibility index (Phi) is 3.42. The van der Waals surface area contributed by atoms with Crippen LogP contribution in [-0.2, 0) is 0 Å². The van der Waals surface area contributed by atoms with Crippen LogP contribution in [0.3, 0.4) is 0 Å². The number of benzene rings is 1. The van der Waals surface area contributed by atoms with Crippen molar-refractivity contribution >= 4 is 0 Å². The zero-order valence-corrected chi connectivity index (χ0v) is 8.68. The molecule has 1 atom stereocenters. The molecule has 0 aliphatic heterocycles. The topological polar surface area (TPSA) is 26.0 Å². The highest BCUT2D eigenvalue weighted by Gasteiger charge is 2.07. The molecule has 0 aromatic heterocycles. The molecular weight excluding hydrogens is 177 g/mol. The molecule has 0 saturated heterocycles. The average Bonchev–Trinajstić information content (AvgIpc) is 2.08. The monoisotopic (exact) mass is 193 g/mol. The lowest BCUT2D eigenvalue weighted by atomic mass is 9.99. The first kappa shape index (κ1) is 10.9. The maximum absolute atomic E-state index is 13.0. The van der Waals surface area contributed by atoms with Crippen LogP contribution in [0.1, 0.15) is 30.5 Å². The Morgan fingerprint density at radius 3 is 2.71 bits per heavy atom. The van der Waals surface area contributed by atoms with Crippen LogP contribution in [0.4, 0.5) is 4.39 Å². The first-order valence-corrected chi connectivity index (χ1v) is 4.66. The second-order valence-electron chi connectivity index (χ2n) is 3.78. The summed E-state index contributed by atoms with van der Waals surface area (Å²) < 4.78 is 13.0. The summed E-state index contributed by atoms with van der Waals surface area (Å²) in [5.74, 6) is -0.184. The van der Waals surface area contributed by atoms with Crippen LogP contribution in [0.2, 0.25) is 0 Å². The molecule has 1 aromatic rings. The van der Waals surface area contributed by atoms with Gasteiger partial charge in [0, 0.05) is 6.04 Å². The third-order valence-corrected chi connectivity index (χ3v) is 2.18. The van der Waals surface area contributed by atoms with Gasteiger partial charge in [-0.2, -0.15) is 0 Å². The van der Waals surface area contributed by atoms with Gasteiger partial charge in [-0.1, -0.05) is 17.7 Å². The third-order valence-electron chi connectivity index (χ3n) is 2.18. The number of aryl methyl sites for hydroxylation is 1. The Labute approximate surface area is 84.4 Å². The van der Waals surface area contributed by atoms with E-state index in [-0.39, 0.29) is 11.9 Å². The number of nitrogens with two attached hydrogens (primary N) is 1. The number of halogens is 1. The fraction of sp³-hybridized carbons (Fsp3) is 0.333. The second kappa shape index (κ2) is 4.38. The molecule has 0 unspecified atom stereocenters. The molecule has 1 aromatic carbocycles. The zero-order valence-electron chi connectivity index (χ0n) is 8.68. The van der Waals surface area contributed by atoms with Crippen LogP contribution in [0, 0.1) is 12.7 Å². The van der Waals surface area contributed by atoms with Gasteiger partial charge in [0.2, 0.25) is 0 Å². The Hall–Kier alpha value is -1.15. The molecule has 0 aliphatic rings. The molecule has 0 bridgehead atoms. The van der Waals surface area contributed by atoms with Crippen LogP contribution in [0.5, 0.6) is 0 Å². The van der Waals surface area contributed by atoms with Gasteiger partial charge in [-0.25, -0.2) is 4.39 Å². The van der Waals surface area contributed by atoms with Crippen molar-refractivity contribution in [1.82, 2.24) is 0 Å². The lowest BCUT2D eigenvalue weighted by Crippen LogP contribution is -2.10. The van der Waals surface area contributed by atoms with E-state index >= 15 is 0 Å². The fourth-order valence-electron chi connectivity index (χ4n) is 1.39. The Morgan fingerprint density at radius 1 is 1.57 bits per heavy atom. The van der Waals surface area contributed by atoms with Crippen molar-refractivity contribution in [3.8, 4) is 0 Å². The van der Waals surface area contributed by atoms with Gasteiger partial charge in [0.15, 0.2) is 0 Å². The maximum atomic E-state index is 13.0. The largest absolute Gasteiger partial charge is 0.324 e. The molecule has 2 heteroatoms. The predicted octanol–water partition coefficient (Wildman–Crippen LogP) is 3.10. The van der Waals surface area contributed by atoms with Crippen molar-refractivity contribution in [3.05, 3.63) is 47.3 Å². The quantitative estimate of drug-likeness (QED) is 0.733. The van der Waals surface area contributed by atoms with E-state index in [2.05, 4.69) is 6.58 Å². The second-order valence-corrected chi connectivity index (χ2v) is 3.78. The van der Waals surface area contributed by atoms with Gasteiger partial charge in [0.05, 0.1) is 0 Å². The molecule has 0 aliphatic carbocycles. The van der Waals surface area contributed by atoms with Crippen LogP contribution >= 0.6 is 0 Å². The Bertz CT molecular complexity index is 344. The summed E-state index contributed by atoms with van der Waals surface area (Å²) in [5.41, 5.74) is 8.58. The molecule has 0 radical (unpaired) electrons. The number of rotatable bonds is 3.